The Labute approximate surface area is 118 Å². The van der Waals surface area contributed by atoms with Crippen LogP contribution in [-0.2, 0) is 26.7 Å². The fourth-order valence-corrected chi connectivity index (χ4v) is 4.37. The third kappa shape index (κ3) is 2.53. The minimum absolute atomic E-state index is 0.00523. The van der Waals surface area contributed by atoms with Gasteiger partial charge in [-0.1, -0.05) is 0 Å². The maximum absolute atomic E-state index is 12.2. The molecule has 2 aliphatic rings. The molecule has 1 aliphatic heterocycles. The van der Waals surface area contributed by atoms with E-state index in [2.05, 4.69) is 4.72 Å². The fraction of sp³-hybridized carbons (Fsp3) is 0.455. The summed E-state index contributed by atoms with van der Waals surface area (Å²) in [5, 5.41) is 5.07. The first kappa shape index (κ1) is 13.8. The van der Waals surface area contributed by atoms with E-state index in [9.17, 15) is 16.8 Å². The summed E-state index contributed by atoms with van der Waals surface area (Å²) < 4.78 is 50.9. The highest BCUT2D eigenvalue weighted by molar-refractivity contribution is 7.91. The Morgan fingerprint density at radius 2 is 1.90 bits per heavy atom. The Bertz CT molecular complexity index is 754. The number of benzene rings is 1. The second-order valence-corrected chi connectivity index (χ2v) is 8.24. The minimum Gasteiger partial charge on any atom is -0.257 e. The second-order valence-electron chi connectivity index (χ2n) is 5.05. The Morgan fingerprint density at radius 1 is 1.20 bits per heavy atom. The Kier molecular flexibility index (Phi) is 3.05. The number of fused-ring (bicyclic) bond motifs is 1. The van der Waals surface area contributed by atoms with Crippen molar-refractivity contribution in [3.8, 4) is 0 Å². The van der Waals surface area contributed by atoms with Crippen molar-refractivity contribution in [3.05, 3.63) is 23.8 Å². The zero-order valence-electron chi connectivity index (χ0n) is 10.6. The molecule has 1 fully saturated rings. The number of nitrogens with zero attached hydrogens (tertiary/aromatic N) is 1. The zero-order chi connectivity index (χ0) is 14.5. The van der Waals surface area contributed by atoms with Gasteiger partial charge in [-0.05, 0) is 43.0 Å². The number of nitrogens with two attached hydrogens (primary N) is 1. The van der Waals surface area contributed by atoms with Gasteiger partial charge < -0.3 is 0 Å². The van der Waals surface area contributed by atoms with E-state index in [1.807, 2.05) is 0 Å². The standard InChI is InChI=1S/C11H15N3O4S2/c12-19(15,16)10-3-4-11-8(7-10)5-6-14(11)20(17,18)13-9-1-2-9/h3-4,7,9,13H,1-2,5-6H2,(H2,12,15,16). The topological polar surface area (TPSA) is 110 Å². The van der Waals surface area contributed by atoms with Crippen LogP contribution < -0.4 is 14.2 Å². The average molecular weight is 317 g/mol. The zero-order valence-corrected chi connectivity index (χ0v) is 12.2. The molecular weight excluding hydrogens is 302 g/mol. The maximum atomic E-state index is 12.2. The largest absolute Gasteiger partial charge is 0.301 e. The summed E-state index contributed by atoms with van der Waals surface area (Å²) in [7, 11) is -7.33. The van der Waals surface area contributed by atoms with Crippen LogP contribution >= 0.6 is 0 Å². The predicted octanol–water partition coefficient (Wildman–Crippen LogP) is -0.307. The van der Waals surface area contributed by atoms with E-state index in [-0.39, 0.29) is 10.9 Å². The summed E-state index contributed by atoms with van der Waals surface area (Å²) in [5.41, 5.74) is 1.20. The molecule has 0 bridgehead atoms. The highest BCUT2D eigenvalue weighted by Gasteiger charge is 2.34. The van der Waals surface area contributed by atoms with Crippen molar-refractivity contribution in [2.24, 2.45) is 5.14 Å². The fourth-order valence-electron chi connectivity index (χ4n) is 2.25. The smallest absolute Gasteiger partial charge is 0.257 e. The highest BCUT2D eigenvalue weighted by Crippen LogP contribution is 2.32. The molecule has 1 aromatic carbocycles. The quantitative estimate of drug-likeness (QED) is 0.794. The maximum Gasteiger partial charge on any atom is 0.301 e. The van der Waals surface area contributed by atoms with Crippen molar-refractivity contribution >= 4 is 25.9 Å². The lowest BCUT2D eigenvalue weighted by molar-refractivity contribution is 0.577. The number of rotatable bonds is 4. The first-order chi connectivity index (χ1) is 9.27. The number of anilines is 1. The minimum atomic E-state index is -3.77. The number of hydrogen-bond acceptors (Lipinski definition) is 4. The molecule has 0 amide bonds. The summed E-state index contributed by atoms with van der Waals surface area (Å²) in [6.07, 6.45) is 2.21. The molecule has 0 saturated heterocycles. The number of hydrogen-bond donors (Lipinski definition) is 2. The molecule has 1 aromatic rings. The highest BCUT2D eigenvalue weighted by atomic mass is 32.2. The molecule has 0 atom stereocenters. The second kappa shape index (κ2) is 4.42. The van der Waals surface area contributed by atoms with Crippen molar-refractivity contribution in [1.29, 1.82) is 0 Å². The van der Waals surface area contributed by atoms with Gasteiger partial charge in [0.15, 0.2) is 0 Å². The van der Waals surface area contributed by atoms with Gasteiger partial charge in [0, 0.05) is 12.6 Å². The number of nitrogens with one attached hydrogen (secondary N) is 1. The van der Waals surface area contributed by atoms with Crippen molar-refractivity contribution in [1.82, 2.24) is 4.72 Å². The molecule has 3 N–H and O–H groups in total. The predicted molar refractivity (Wildman–Crippen MR) is 73.9 cm³/mol. The van der Waals surface area contributed by atoms with Crippen molar-refractivity contribution in [3.63, 3.8) is 0 Å². The molecule has 110 valence electrons. The van der Waals surface area contributed by atoms with E-state index in [1.165, 1.54) is 22.5 Å². The molecule has 0 unspecified atom stereocenters. The molecule has 3 rings (SSSR count). The molecule has 1 saturated carbocycles. The lowest BCUT2D eigenvalue weighted by Gasteiger charge is -2.19. The summed E-state index contributed by atoms with van der Waals surface area (Å²) in [5.74, 6) is 0. The van der Waals surface area contributed by atoms with Crippen LogP contribution in [0.25, 0.3) is 0 Å². The third-order valence-electron chi connectivity index (χ3n) is 3.42. The molecular formula is C11H15N3O4S2. The monoisotopic (exact) mass is 317 g/mol. The van der Waals surface area contributed by atoms with E-state index in [0.717, 1.165) is 12.8 Å². The summed E-state index contributed by atoms with van der Waals surface area (Å²) in [6.45, 7) is 0.311. The van der Waals surface area contributed by atoms with Gasteiger partial charge in [0.2, 0.25) is 10.0 Å². The summed E-state index contributed by atoms with van der Waals surface area (Å²) in [4.78, 5) is 0.00523. The molecule has 1 aliphatic carbocycles. The van der Waals surface area contributed by atoms with E-state index >= 15 is 0 Å². The van der Waals surface area contributed by atoms with Crippen LogP contribution in [0.15, 0.2) is 23.1 Å². The van der Waals surface area contributed by atoms with Crippen LogP contribution in [0.1, 0.15) is 18.4 Å². The van der Waals surface area contributed by atoms with Gasteiger partial charge in [0.1, 0.15) is 0 Å². The first-order valence-electron chi connectivity index (χ1n) is 6.23. The number of primary sulfonamides is 1. The van der Waals surface area contributed by atoms with Gasteiger partial charge in [0.05, 0.1) is 10.6 Å². The van der Waals surface area contributed by atoms with Gasteiger partial charge in [-0.15, -0.1) is 0 Å². The molecule has 0 radical (unpaired) electrons. The molecule has 7 nitrogen and oxygen atoms in total. The summed E-state index contributed by atoms with van der Waals surface area (Å²) in [6, 6.07) is 4.30. The van der Waals surface area contributed by atoms with Crippen molar-refractivity contribution < 1.29 is 16.8 Å². The number of sulfonamides is 1. The van der Waals surface area contributed by atoms with Gasteiger partial charge in [0.25, 0.3) is 0 Å². The van der Waals surface area contributed by atoms with Crippen LogP contribution in [-0.4, -0.2) is 29.4 Å². The van der Waals surface area contributed by atoms with Crippen LogP contribution in [0.3, 0.4) is 0 Å². The summed E-state index contributed by atoms with van der Waals surface area (Å²) >= 11 is 0. The normalized spacial score (nSPS) is 19.1. The third-order valence-corrected chi connectivity index (χ3v) is 5.92. The molecule has 9 heteroatoms. The Hall–Kier alpha value is -1.16. The molecule has 0 spiro atoms. The average Bonchev–Trinajstić information content (AvgIpc) is 3.03. The Morgan fingerprint density at radius 3 is 2.50 bits per heavy atom. The molecule has 1 heterocycles. The molecule has 20 heavy (non-hydrogen) atoms. The van der Waals surface area contributed by atoms with Gasteiger partial charge in [-0.3, -0.25) is 4.31 Å². The van der Waals surface area contributed by atoms with E-state index in [0.29, 0.717) is 24.2 Å². The first-order valence-corrected chi connectivity index (χ1v) is 9.22. The van der Waals surface area contributed by atoms with Crippen LogP contribution in [0.4, 0.5) is 5.69 Å². The lowest BCUT2D eigenvalue weighted by Crippen LogP contribution is -2.40. The van der Waals surface area contributed by atoms with Crippen LogP contribution in [0.5, 0.6) is 0 Å². The van der Waals surface area contributed by atoms with Crippen LogP contribution in [0, 0.1) is 0 Å². The van der Waals surface area contributed by atoms with Gasteiger partial charge in [-0.25, -0.2) is 13.6 Å². The van der Waals surface area contributed by atoms with Crippen molar-refractivity contribution in [2.75, 3.05) is 10.8 Å². The Balaban J connectivity index is 1.94. The van der Waals surface area contributed by atoms with Crippen LogP contribution in [0.2, 0.25) is 0 Å². The van der Waals surface area contributed by atoms with E-state index < -0.39 is 20.2 Å². The van der Waals surface area contributed by atoms with E-state index in [1.54, 1.807) is 0 Å². The molecule has 0 aromatic heterocycles. The van der Waals surface area contributed by atoms with E-state index in [4.69, 9.17) is 5.14 Å². The van der Waals surface area contributed by atoms with Crippen molar-refractivity contribution in [2.45, 2.75) is 30.2 Å². The SMILES string of the molecule is NS(=O)(=O)c1ccc2c(c1)CCN2S(=O)(=O)NC1CC1. The lowest BCUT2D eigenvalue weighted by atomic mass is 10.2. The van der Waals surface area contributed by atoms with Gasteiger partial charge in [-0.2, -0.15) is 13.1 Å². The van der Waals surface area contributed by atoms with Gasteiger partial charge >= 0.3 is 10.2 Å².